The van der Waals surface area contributed by atoms with Crippen molar-refractivity contribution in [1.29, 1.82) is 0 Å². The summed E-state index contributed by atoms with van der Waals surface area (Å²) in [5, 5.41) is 0. The molecule has 0 aromatic heterocycles. The van der Waals surface area contributed by atoms with Crippen molar-refractivity contribution < 1.29 is 14.3 Å². The number of nitrogens with zero attached hydrogens (tertiary/aromatic N) is 1. The van der Waals surface area contributed by atoms with Gasteiger partial charge in [-0.2, -0.15) is 0 Å². The molecule has 1 fully saturated rings. The van der Waals surface area contributed by atoms with Crippen LogP contribution in [0.25, 0.3) is 0 Å². The van der Waals surface area contributed by atoms with Crippen molar-refractivity contribution in [1.82, 2.24) is 4.90 Å². The predicted octanol–water partition coefficient (Wildman–Crippen LogP) is 3.99. The second-order valence-corrected chi connectivity index (χ2v) is 7.45. The zero-order valence-electron chi connectivity index (χ0n) is 15.8. The van der Waals surface area contributed by atoms with Gasteiger partial charge in [-0.15, -0.1) is 0 Å². The van der Waals surface area contributed by atoms with Gasteiger partial charge in [-0.05, 0) is 49.9 Å². The maximum Gasteiger partial charge on any atom is 0.231 e. The van der Waals surface area contributed by atoms with Crippen LogP contribution >= 0.6 is 0 Å². The molecule has 0 radical (unpaired) electrons. The summed E-state index contributed by atoms with van der Waals surface area (Å²) in [5.74, 6) is 1.88. The third-order valence-electron chi connectivity index (χ3n) is 5.47. The Balaban J connectivity index is 1.62. The van der Waals surface area contributed by atoms with E-state index in [0.29, 0.717) is 24.9 Å². The van der Waals surface area contributed by atoms with E-state index in [-0.39, 0.29) is 6.79 Å². The molecule has 26 heavy (non-hydrogen) atoms. The third kappa shape index (κ3) is 5.13. The second-order valence-electron chi connectivity index (χ2n) is 7.45. The van der Waals surface area contributed by atoms with Gasteiger partial charge in [0.1, 0.15) is 0 Å². The smallest absolute Gasteiger partial charge is 0.231 e. The molecule has 144 valence electrons. The van der Waals surface area contributed by atoms with Crippen LogP contribution in [0.15, 0.2) is 18.2 Å². The van der Waals surface area contributed by atoms with Gasteiger partial charge in [0.25, 0.3) is 0 Å². The maximum absolute atomic E-state index is 13.0. The molecular formula is C21H32N2O3. The largest absolute Gasteiger partial charge is 0.454 e. The Hall–Kier alpha value is -1.75. The first-order chi connectivity index (χ1) is 12.8. The number of rotatable bonds is 9. The Kier molecular flexibility index (Phi) is 7.18. The van der Waals surface area contributed by atoms with Crippen LogP contribution in [-0.2, 0) is 11.3 Å². The molecule has 0 atom stereocenters. The molecule has 0 spiro atoms. The molecule has 3 rings (SSSR count). The van der Waals surface area contributed by atoms with Gasteiger partial charge in [0, 0.05) is 19.0 Å². The first-order valence-electron chi connectivity index (χ1n) is 10.2. The van der Waals surface area contributed by atoms with Gasteiger partial charge in [0.2, 0.25) is 12.7 Å². The lowest BCUT2D eigenvalue weighted by atomic mass is 9.93. The average molecular weight is 360 g/mol. The number of ether oxygens (including phenoxy) is 2. The van der Waals surface area contributed by atoms with Crippen molar-refractivity contribution in [3.63, 3.8) is 0 Å². The Morgan fingerprint density at radius 1 is 1.04 bits per heavy atom. The summed E-state index contributed by atoms with van der Waals surface area (Å²) in [7, 11) is 0. The van der Waals surface area contributed by atoms with Crippen LogP contribution in [-0.4, -0.2) is 30.2 Å². The maximum atomic E-state index is 13.0. The molecule has 1 aromatic carbocycles. The minimum absolute atomic E-state index is 0.285. The number of hydrogen-bond donors (Lipinski definition) is 1. The molecule has 5 heteroatoms. The number of benzene rings is 1. The Bertz CT molecular complexity index is 585. The molecule has 2 aliphatic rings. The number of hydrogen-bond acceptors (Lipinski definition) is 4. The van der Waals surface area contributed by atoms with Crippen molar-refractivity contribution in [2.75, 3.05) is 13.3 Å². The number of amides is 1. The third-order valence-corrected chi connectivity index (χ3v) is 5.47. The molecule has 1 amide bonds. The summed E-state index contributed by atoms with van der Waals surface area (Å²) in [5.41, 5.74) is 6.67. The topological polar surface area (TPSA) is 64.8 Å². The monoisotopic (exact) mass is 360 g/mol. The molecular weight excluding hydrogens is 328 g/mol. The zero-order valence-corrected chi connectivity index (χ0v) is 15.8. The highest BCUT2D eigenvalue weighted by molar-refractivity contribution is 5.76. The molecule has 1 aromatic rings. The fraction of sp³-hybridized carbons (Fsp3) is 0.667. The van der Waals surface area contributed by atoms with Gasteiger partial charge >= 0.3 is 0 Å². The Morgan fingerprint density at radius 2 is 1.81 bits per heavy atom. The van der Waals surface area contributed by atoms with Crippen LogP contribution in [0.3, 0.4) is 0 Å². The summed E-state index contributed by atoms with van der Waals surface area (Å²) in [4.78, 5) is 15.1. The van der Waals surface area contributed by atoms with E-state index in [0.717, 1.165) is 62.1 Å². The summed E-state index contributed by atoms with van der Waals surface area (Å²) < 4.78 is 10.9. The fourth-order valence-corrected chi connectivity index (χ4v) is 3.97. The van der Waals surface area contributed by atoms with Gasteiger partial charge in [-0.25, -0.2) is 0 Å². The van der Waals surface area contributed by atoms with Crippen molar-refractivity contribution in [2.24, 2.45) is 5.73 Å². The molecule has 0 unspecified atom stereocenters. The minimum atomic E-state index is 0.285. The molecule has 1 heterocycles. The molecule has 2 N–H and O–H groups in total. The normalized spacial score (nSPS) is 16.7. The lowest BCUT2D eigenvalue weighted by Gasteiger charge is -2.34. The number of unbranched alkanes of at least 4 members (excludes halogenated alkanes) is 3. The zero-order chi connectivity index (χ0) is 18.2. The van der Waals surface area contributed by atoms with Crippen LogP contribution in [0.1, 0.15) is 69.8 Å². The van der Waals surface area contributed by atoms with Crippen LogP contribution in [0.2, 0.25) is 0 Å². The number of carbonyl (C=O) groups is 1. The lowest BCUT2D eigenvalue weighted by Crippen LogP contribution is -2.40. The van der Waals surface area contributed by atoms with Crippen LogP contribution < -0.4 is 15.2 Å². The van der Waals surface area contributed by atoms with E-state index in [9.17, 15) is 4.79 Å². The molecule has 0 bridgehead atoms. The van der Waals surface area contributed by atoms with Gasteiger partial charge in [0.15, 0.2) is 11.5 Å². The summed E-state index contributed by atoms with van der Waals surface area (Å²) in [6.45, 7) is 1.70. The van der Waals surface area contributed by atoms with Crippen LogP contribution in [0, 0.1) is 0 Å². The highest BCUT2D eigenvalue weighted by Crippen LogP contribution is 2.33. The highest BCUT2D eigenvalue weighted by Gasteiger charge is 2.26. The van der Waals surface area contributed by atoms with Crippen LogP contribution in [0.5, 0.6) is 11.5 Å². The number of fused-ring (bicyclic) bond motifs is 1. The molecule has 1 saturated carbocycles. The SMILES string of the molecule is NCCCCCCC(=O)N(Cc1ccc2c(c1)OCO2)C1CCCCC1. The van der Waals surface area contributed by atoms with Crippen molar-refractivity contribution in [3.05, 3.63) is 23.8 Å². The van der Waals surface area contributed by atoms with Gasteiger partial charge in [-0.1, -0.05) is 38.2 Å². The molecule has 5 nitrogen and oxygen atoms in total. The van der Waals surface area contributed by atoms with E-state index >= 15 is 0 Å². The minimum Gasteiger partial charge on any atom is -0.454 e. The quantitative estimate of drug-likeness (QED) is 0.676. The van der Waals surface area contributed by atoms with Crippen molar-refractivity contribution in [3.8, 4) is 11.5 Å². The Labute approximate surface area is 156 Å². The highest BCUT2D eigenvalue weighted by atomic mass is 16.7. The van der Waals surface area contributed by atoms with E-state index in [2.05, 4.69) is 11.0 Å². The second kappa shape index (κ2) is 9.81. The fourth-order valence-electron chi connectivity index (χ4n) is 3.97. The standard InChI is InChI=1S/C21H32N2O3/c22-13-7-2-1-6-10-21(24)23(18-8-4-3-5-9-18)15-17-11-12-19-20(14-17)26-16-25-19/h11-12,14,18H,1-10,13,15-16,22H2. The number of nitrogens with two attached hydrogens (primary N) is 1. The van der Waals surface area contributed by atoms with E-state index in [1.807, 2.05) is 12.1 Å². The molecule has 1 aliphatic heterocycles. The van der Waals surface area contributed by atoms with E-state index in [1.165, 1.54) is 19.3 Å². The average Bonchev–Trinajstić information content (AvgIpc) is 3.14. The molecule has 1 aliphatic carbocycles. The van der Waals surface area contributed by atoms with Crippen LogP contribution in [0.4, 0.5) is 0 Å². The van der Waals surface area contributed by atoms with Gasteiger partial charge < -0.3 is 20.1 Å². The van der Waals surface area contributed by atoms with E-state index in [4.69, 9.17) is 15.2 Å². The van der Waals surface area contributed by atoms with E-state index in [1.54, 1.807) is 0 Å². The predicted molar refractivity (Wildman–Crippen MR) is 102 cm³/mol. The Morgan fingerprint density at radius 3 is 2.62 bits per heavy atom. The summed E-state index contributed by atoms with van der Waals surface area (Å²) in [6, 6.07) is 6.41. The first-order valence-corrected chi connectivity index (χ1v) is 10.2. The summed E-state index contributed by atoms with van der Waals surface area (Å²) in [6.07, 6.45) is 10.9. The number of carbonyl (C=O) groups excluding carboxylic acids is 1. The summed E-state index contributed by atoms with van der Waals surface area (Å²) >= 11 is 0. The lowest BCUT2D eigenvalue weighted by molar-refractivity contribution is -0.135. The van der Waals surface area contributed by atoms with Crippen molar-refractivity contribution in [2.45, 2.75) is 76.8 Å². The van der Waals surface area contributed by atoms with Gasteiger partial charge in [-0.3, -0.25) is 4.79 Å². The van der Waals surface area contributed by atoms with Gasteiger partial charge in [0.05, 0.1) is 0 Å². The van der Waals surface area contributed by atoms with E-state index < -0.39 is 0 Å². The molecule has 0 saturated heterocycles. The van der Waals surface area contributed by atoms with Crippen molar-refractivity contribution >= 4 is 5.91 Å². The first kappa shape index (κ1) is 19.0.